The van der Waals surface area contributed by atoms with E-state index >= 15 is 0 Å². The lowest BCUT2D eigenvalue weighted by molar-refractivity contribution is -0.277. The molecule has 1 fully saturated rings. The number of ether oxygens (including phenoxy) is 3. The maximum Gasteiger partial charge on any atom is 0.229 e. The highest BCUT2D eigenvalue weighted by Crippen LogP contribution is 2.41. The molecule has 0 bridgehead atoms. The van der Waals surface area contributed by atoms with E-state index in [1.807, 2.05) is 24.3 Å². The van der Waals surface area contributed by atoms with Gasteiger partial charge in [-0.2, -0.15) is 0 Å². The number of aromatic hydroxyl groups is 1. The summed E-state index contributed by atoms with van der Waals surface area (Å²) in [6.45, 7) is -0.570. The monoisotopic (exact) mass is 402 g/mol. The van der Waals surface area contributed by atoms with Gasteiger partial charge in [0.2, 0.25) is 6.29 Å². The number of hydrogen-bond acceptors (Lipinski definition) is 8. The molecule has 0 amide bonds. The standard InChI is InChI=1S/C21H22O8/c1-27-12-6-4-10-2-3-11-5-7-14(17(23)16(11)13(10)8-12)28-21-20(26)19(25)18(24)15(9-22)29-21/h2-8,15,18-26H,9H2,1H3. The van der Waals surface area contributed by atoms with Crippen LogP contribution in [-0.4, -0.2) is 70.0 Å². The quantitative estimate of drug-likeness (QED) is 0.407. The number of benzene rings is 3. The van der Waals surface area contributed by atoms with Gasteiger partial charge in [0, 0.05) is 5.39 Å². The molecule has 5 atom stereocenters. The molecule has 0 saturated carbocycles. The largest absolute Gasteiger partial charge is 0.504 e. The minimum Gasteiger partial charge on any atom is -0.504 e. The van der Waals surface area contributed by atoms with E-state index in [9.17, 15) is 25.5 Å². The Balaban J connectivity index is 1.76. The van der Waals surface area contributed by atoms with Gasteiger partial charge in [0.05, 0.1) is 13.7 Å². The minimum atomic E-state index is -1.57. The molecule has 8 heteroatoms. The molecule has 1 aliphatic rings. The number of aliphatic hydroxyl groups excluding tert-OH is 4. The third-order valence-corrected chi connectivity index (χ3v) is 5.24. The molecule has 3 aromatic carbocycles. The van der Waals surface area contributed by atoms with E-state index in [0.717, 1.165) is 16.2 Å². The fourth-order valence-electron chi connectivity index (χ4n) is 3.60. The van der Waals surface area contributed by atoms with Crippen molar-refractivity contribution in [3.63, 3.8) is 0 Å². The lowest BCUT2D eigenvalue weighted by Gasteiger charge is -2.39. The van der Waals surface area contributed by atoms with E-state index in [0.29, 0.717) is 11.1 Å². The summed E-state index contributed by atoms with van der Waals surface area (Å²) < 4.78 is 16.3. The Labute approximate surface area is 166 Å². The van der Waals surface area contributed by atoms with Crippen molar-refractivity contribution in [2.45, 2.75) is 30.7 Å². The van der Waals surface area contributed by atoms with Crippen LogP contribution in [0.2, 0.25) is 0 Å². The number of aliphatic hydroxyl groups is 4. The lowest BCUT2D eigenvalue weighted by atomic mass is 9.99. The molecule has 29 heavy (non-hydrogen) atoms. The predicted molar refractivity (Wildman–Crippen MR) is 104 cm³/mol. The first-order valence-electron chi connectivity index (χ1n) is 9.14. The second-order valence-electron chi connectivity index (χ2n) is 6.98. The Morgan fingerprint density at radius 1 is 0.931 bits per heavy atom. The summed E-state index contributed by atoms with van der Waals surface area (Å²) in [6, 6.07) is 12.5. The lowest BCUT2D eigenvalue weighted by Crippen LogP contribution is -2.60. The van der Waals surface area contributed by atoms with Gasteiger partial charge < -0.3 is 39.7 Å². The van der Waals surface area contributed by atoms with Crippen molar-refractivity contribution in [1.82, 2.24) is 0 Å². The van der Waals surface area contributed by atoms with Gasteiger partial charge in [-0.15, -0.1) is 0 Å². The van der Waals surface area contributed by atoms with Crippen molar-refractivity contribution in [3.8, 4) is 17.2 Å². The van der Waals surface area contributed by atoms with Gasteiger partial charge in [0.25, 0.3) is 0 Å². The fourth-order valence-corrected chi connectivity index (χ4v) is 3.60. The molecule has 1 saturated heterocycles. The number of fused-ring (bicyclic) bond motifs is 3. The molecule has 0 aromatic heterocycles. The molecule has 3 aromatic rings. The average molecular weight is 402 g/mol. The van der Waals surface area contributed by atoms with Gasteiger partial charge in [-0.3, -0.25) is 0 Å². The van der Waals surface area contributed by atoms with Crippen LogP contribution in [0.4, 0.5) is 0 Å². The van der Waals surface area contributed by atoms with Crippen LogP contribution in [0.3, 0.4) is 0 Å². The van der Waals surface area contributed by atoms with E-state index in [-0.39, 0.29) is 11.5 Å². The molecule has 0 spiro atoms. The summed E-state index contributed by atoms with van der Waals surface area (Å²) in [7, 11) is 1.56. The highest BCUT2D eigenvalue weighted by molar-refractivity contribution is 6.11. The topological polar surface area (TPSA) is 129 Å². The number of rotatable bonds is 4. The van der Waals surface area contributed by atoms with Crippen LogP contribution in [0.25, 0.3) is 21.5 Å². The van der Waals surface area contributed by atoms with Gasteiger partial charge in [0.15, 0.2) is 11.5 Å². The molecular formula is C21H22O8. The molecule has 5 unspecified atom stereocenters. The zero-order valence-electron chi connectivity index (χ0n) is 15.6. The van der Waals surface area contributed by atoms with Crippen LogP contribution >= 0.6 is 0 Å². The number of phenols is 1. The normalized spacial score (nSPS) is 27.3. The minimum absolute atomic E-state index is 0.0251. The molecule has 0 radical (unpaired) electrons. The summed E-state index contributed by atoms with van der Waals surface area (Å²) in [5, 5.41) is 53.2. The van der Waals surface area contributed by atoms with Crippen molar-refractivity contribution in [1.29, 1.82) is 0 Å². The van der Waals surface area contributed by atoms with E-state index in [2.05, 4.69) is 0 Å². The summed E-state index contributed by atoms with van der Waals surface area (Å²) in [5.74, 6) is 0.486. The molecule has 1 aliphatic heterocycles. The van der Waals surface area contributed by atoms with Crippen LogP contribution in [-0.2, 0) is 4.74 Å². The smallest absolute Gasteiger partial charge is 0.229 e. The van der Waals surface area contributed by atoms with Crippen LogP contribution in [0.1, 0.15) is 0 Å². The Bertz CT molecular complexity index is 1030. The molecule has 5 N–H and O–H groups in total. The highest BCUT2D eigenvalue weighted by Gasteiger charge is 2.45. The molecule has 154 valence electrons. The molecular weight excluding hydrogens is 380 g/mol. The fraction of sp³-hybridized carbons (Fsp3) is 0.333. The van der Waals surface area contributed by atoms with Gasteiger partial charge in [-0.1, -0.05) is 24.3 Å². The summed E-state index contributed by atoms with van der Waals surface area (Å²) in [5.41, 5.74) is 0. The van der Waals surface area contributed by atoms with E-state index in [4.69, 9.17) is 14.2 Å². The third-order valence-electron chi connectivity index (χ3n) is 5.24. The summed E-state index contributed by atoms with van der Waals surface area (Å²) in [4.78, 5) is 0. The zero-order valence-corrected chi connectivity index (χ0v) is 15.6. The first kappa shape index (κ1) is 19.7. The van der Waals surface area contributed by atoms with Crippen LogP contribution < -0.4 is 9.47 Å². The van der Waals surface area contributed by atoms with Crippen LogP contribution in [0.15, 0.2) is 42.5 Å². The Kier molecular flexibility index (Phi) is 5.20. The van der Waals surface area contributed by atoms with E-state index < -0.39 is 37.3 Å². The number of hydrogen-bond donors (Lipinski definition) is 5. The van der Waals surface area contributed by atoms with Crippen molar-refractivity contribution in [2.24, 2.45) is 0 Å². The molecule has 4 rings (SSSR count). The molecule has 0 aliphatic carbocycles. The highest BCUT2D eigenvalue weighted by atomic mass is 16.7. The van der Waals surface area contributed by atoms with E-state index in [1.165, 1.54) is 6.07 Å². The first-order chi connectivity index (χ1) is 13.9. The predicted octanol–water partition coefficient (Wildman–Crippen LogP) is 0.886. The summed E-state index contributed by atoms with van der Waals surface area (Å²) in [6.07, 6.45) is -7.13. The van der Waals surface area contributed by atoms with Gasteiger partial charge >= 0.3 is 0 Å². The van der Waals surface area contributed by atoms with Crippen molar-refractivity contribution in [3.05, 3.63) is 42.5 Å². The van der Waals surface area contributed by atoms with Crippen molar-refractivity contribution < 1.29 is 39.7 Å². The number of methoxy groups -OCH3 is 1. The summed E-state index contributed by atoms with van der Waals surface area (Å²) >= 11 is 0. The molecule has 8 nitrogen and oxygen atoms in total. The van der Waals surface area contributed by atoms with Gasteiger partial charge in [0.1, 0.15) is 30.2 Å². The Morgan fingerprint density at radius 3 is 2.34 bits per heavy atom. The van der Waals surface area contributed by atoms with Crippen molar-refractivity contribution in [2.75, 3.05) is 13.7 Å². The Hall–Kier alpha value is -2.62. The SMILES string of the molecule is COc1ccc2ccc3ccc(OC4OC(CO)C(O)C(O)C4O)c(O)c3c2c1. The first-order valence-corrected chi connectivity index (χ1v) is 9.14. The zero-order chi connectivity index (χ0) is 20.7. The average Bonchev–Trinajstić information content (AvgIpc) is 2.74. The third kappa shape index (κ3) is 3.35. The Morgan fingerprint density at radius 2 is 1.62 bits per heavy atom. The van der Waals surface area contributed by atoms with Gasteiger partial charge in [-0.05, 0) is 34.4 Å². The number of phenolic OH excluding ortho intramolecular Hbond substituents is 1. The second-order valence-corrected chi connectivity index (χ2v) is 6.98. The maximum atomic E-state index is 10.9. The van der Waals surface area contributed by atoms with Crippen molar-refractivity contribution >= 4 is 21.5 Å². The second kappa shape index (κ2) is 7.66. The maximum absolute atomic E-state index is 10.9. The van der Waals surface area contributed by atoms with Crippen LogP contribution in [0, 0.1) is 0 Å². The molecule has 1 heterocycles. The van der Waals surface area contributed by atoms with E-state index in [1.54, 1.807) is 19.2 Å². The van der Waals surface area contributed by atoms with Gasteiger partial charge in [-0.25, -0.2) is 0 Å². The van der Waals surface area contributed by atoms with Crippen LogP contribution in [0.5, 0.6) is 17.2 Å².